The van der Waals surface area contributed by atoms with Gasteiger partial charge in [0.05, 0.1) is 17.1 Å². The van der Waals surface area contributed by atoms with Crippen LogP contribution in [0, 0.1) is 5.82 Å². The Labute approximate surface area is 140 Å². The summed E-state index contributed by atoms with van der Waals surface area (Å²) < 4.78 is 13.5. The molecule has 2 unspecified atom stereocenters. The molecule has 1 aliphatic rings. The van der Waals surface area contributed by atoms with E-state index >= 15 is 0 Å². The minimum absolute atomic E-state index is 0. The molecule has 118 valence electrons. The van der Waals surface area contributed by atoms with Gasteiger partial charge < -0.3 is 10.6 Å². The fourth-order valence-electron chi connectivity index (χ4n) is 2.34. The Morgan fingerprint density at radius 2 is 2.10 bits per heavy atom. The van der Waals surface area contributed by atoms with E-state index in [1.807, 2.05) is 0 Å². The highest BCUT2D eigenvalue weighted by molar-refractivity contribution is 6.35. The molecule has 1 saturated heterocycles. The van der Waals surface area contributed by atoms with Crippen LogP contribution >= 0.6 is 35.6 Å². The Kier molecular flexibility index (Phi) is 7.21. The monoisotopic (exact) mass is 354 g/mol. The highest BCUT2D eigenvalue weighted by atomic mass is 35.5. The van der Waals surface area contributed by atoms with E-state index < -0.39 is 5.82 Å². The number of hydrogen-bond donors (Lipinski definition) is 2. The number of nitrogens with one attached hydrogen (secondary N) is 2. The van der Waals surface area contributed by atoms with Crippen LogP contribution in [0.15, 0.2) is 12.1 Å². The molecule has 0 radical (unpaired) electrons. The summed E-state index contributed by atoms with van der Waals surface area (Å²) in [6, 6.07) is 2.08. The van der Waals surface area contributed by atoms with Crippen molar-refractivity contribution in [1.82, 2.24) is 10.6 Å². The van der Waals surface area contributed by atoms with Gasteiger partial charge in [-0.1, -0.05) is 29.6 Å². The molecule has 0 aromatic heterocycles. The Balaban J connectivity index is 0.00000220. The second kappa shape index (κ2) is 8.18. The van der Waals surface area contributed by atoms with Crippen LogP contribution in [0.3, 0.4) is 0 Å². The van der Waals surface area contributed by atoms with E-state index in [1.165, 1.54) is 12.1 Å². The van der Waals surface area contributed by atoms with Crippen molar-refractivity contribution in [3.8, 4) is 0 Å². The van der Waals surface area contributed by atoms with Crippen molar-refractivity contribution in [3.63, 3.8) is 0 Å². The van der Waals surface area contributed by atoms with Crippen LogP contribution < -0.4 is 10.6 Å². The van der Waals surface area contributed by atoms with Gasteiger partial charge in [-0.15, -0.1) is 12.4 Å². The molecule has 2 rings (SSSR count). The topological polar surface area (TPSA) is 41.1 Å². The number of carbonyl (C=O) groups is 1. The lowest BCUT2D eigenvalue weighted by molar-refractivity contribution is -0.124. The second-order valence-electron chi connectivity index (χ2n) is 5.02. The predicted molar refractivity (Wildman–Crippen MR) is 85.9 cm³/mol. The van der Waals surface area contributed by atoms with Crippen LogP contribution in [0.25, 0.3) is 0 Å². The maximum absolute atomic E-state index is 13.5. The van der Waals surface area contributed by atoms with E-state index in [9.17, 15) is 9.18 Å². The molecule has 1 aliphatic heterocycles. The summed E-state index contributed by atoms with van der Waals surface area (Å²) in [4.78, 5) is 12.1. The third kappa shape index (κ3) is 4.71. The molecule has 0 spiro atoms. The zero-order valence-electron chi connectivity index (χ0n) is 11.6. The third-order valence-electron chi connectivity index (χ3n) is 3.49. The van der Waals surface area contributed by atoms with Gasteiger partial charge in [-0.05, 0) is 44.0 Å². The molecule has 2 atom stereocenters. The van der Waals surface area contributed by atoms with Crippen LogP contribution in [0.2, 0.25) is 10.0 Å². The smallest absolute Gasteiger partial charge is 0.237 e. The van der Waals surface area contributed by atoms with Crippen molar-refractivity contribution in [2.45, 2.75) is 38.3 Å². The first-order valence-corrected chi connectivity index (χ1v) is 7.43. The van der Waals surface area contributed by atoms with Crippen LogP contribution in [-0.2, 0) is 4.79 Å². The highest BCUT2D eigenvalue weighted by Crippen LogP contribution is 2.28. The summed E-state index contributed by atoms with van der Waals surface area (Å²) in [6.45, 7) is 2.62. The third-order valence-corrected chi connectivity index (χ3v) is 4.11. The number of benzene rings is 1. The lowest BCUT2D eigenvalue weighted by Gasteiger charge is -2.25. The van der Waals surface area contributed by atoms with Crippen molar-refractivity contribution in [1.29, 1.82) is 0 Å². The Morgan fingerprint density at radius 1 is 1.38 bits per heavy atom. The maximum Gasteiger partial charge on any atom is 0.237 e. The summed E-state index contributed by atoms with van der Waals surface area (Å²) in [5.41, 5.74) is 0.526. The van der Waals surface area contributed by atoms with Gasteiger partial charge >= 0.3 is 0 Å². The fourth-order valence-corrected chi connectivity index (χ4v) is 2.88. The summed E-state index contributed by atoms with van der Waals surface area (Å²) in [7, 11) is 0. The first-order chi connectivity index (χ1) is 9.49. The standard InChI is InChI=1S/C14H17Cl2FN2O.ClH/c1-8(9-6-12(17)11(16)7-10(9)15)19-14(20)13-4-2-3-5-18-13;/h6-8,13,18H,2-5H2,1H3,(H,19,20);1H. The van der Waals surface area contributed by atoms with Gasteiger partial charge in [-0.3, -0.25) is 4.79 Å². The quantitative estimate of drug-likeness (QED) is 0.808. The highest BCUT2D eigenvalue weighted by Gasteiger charge is 2.23. The molecule has 3 nitrogen and oxygen atoms in total. The van der Waals surface area contributed by atoms with E-state index in [2.05, 4.69) is 10.6 Å². The van der Waals surface area contributed by atoms with E-state index in [-0.39, 0.29) is 35.4 Å². The van der Waals surface area contributed by atoms with Crippen LogP contribution in [0.4, 0.5) is 4.39 Å². The Bertz CT molecular complexity index is 507. The first kappa shape index (κ1) is 18.5. The normalized spacial score (nSPS) is 19.5. The zero-order valence-corrected chi connectivity index (χ0v) is 13.9. The molecular weight excluding hydrogens is 338 g/mol. The van der Waals surface area contributed by atoms with Gasteiger partial charge in [-0.25, -0.2) is 4.39 Å². The van der Waals surface area contributed by atoms with Gasteiger partial charge in [-0.2, -0.15) is 0 Å². The lowest BCUT2D eigenvalue weighted by atomic mass is 10.0. The fraction of sp³-hybridized carbons (Fsp3) is 0.500. The predicted octanol–water partition coefficient (Wildman–Crippen LogP) is 3.87. The number of halogens is 4. The van der Waals surface area contributed by atoms with Crippen molar-refractivity contribution >= 4 is 41.5 Å². The summed E-state index contributed by atoms with van der Waals surface area (Å²) in [5.74, 6) is -0.619. The molecule has 0 saturated carbocycles. The molecule has 7 heteroatoms. The van der Waals surface area contributed by atoms with Crippen LogP contribution in [-0.4, -0.2) is 18.5 Å². The molecule has 2 N–H and O–H groups in total. The molecule has 21 heavy (non-hydrogen) atoms. The van der Waals surface area contributed by atoms with Crippen molar-refractivity contribution in [3.05, 3.63) is 33.6 Å². The minimum Gasteiger partial charge on any atom is -0.348 e. The maximum atomic E-state index is 13.5. The number of piperidine rings is 1. The molecule has 1 fully saturated rings. The van der Waals surface area contributed by atoms with E-state index in [0.29, 0.717) is 10.6 Å². The zero-order chi connectivity index (χ0) is 14.7. The van der Waals surface area contributed by atoms with E-state index in [4.69, 9.17) is 23.2 Å². The molecule has 0 bridgehead atoms. The lowest BCUT2D eigenvalue weighted by Crippen LogP contribution is -2.47. The van der Waals surface area contributed by atoms with Gasteiger partial charge in [0.2, 0.25) is 5.91 Å². The molecule has 1 aromatic rings. The van der Waals surface area contributed by atoms with Crippen molar-refractivity contribution < 1.29 is 9.18 Å². The van der Waals surface area contributed by atoms with Crippen LogP contribution in [0.5, 0.6) is 0 Å². The average Bonchev–Trinajstić information content (AvgIpc) is 2.43. The molecule has 1 heterocycles. The SMILES string of the molecule is CC(NC(=O)C1CCCCN1)c1cc(F)c(Cl)cc1Cl.Cl. The first-order valence-electron chi connectivity index (χ1n) is 6.67. The summed E-state index contributed by atoms with van der Waals surface area (Å²) >= 11 is 11.7. The number of rotatable bonds is 3. The molecule has 1 amide bonds. The Hall–Kier alpha value is -0.550. The van der Waals surface area contributed by atoms with Crippen LogP contribution in [0.1, 0.15) is 37.8 Å². The number of hydrogen-bond acceptors (Lipinski definition) is 2. The molecular formula is C14H18Cl3FN2O. The van der Waals surface area contributed by atoms with E-state index in [1.54, 1.807) is 6.92 Å². The Morgan fingerprint density at radius 3 is 2.71 bits per heavy atom. The summed E-state index contributed by atoms with van der Waals surface area (Å²) in [5, 5.41) is 6.35. The van der Waals surface area contributed by atoms with E-state index in [0.717, 1.165) is 25.8 Å². The van der Waals surface area contributed by atoms with Gasteiger partial charge in [0, 0.05) is 5.02 Å². The molecule has 0 aliphatic carbocycles. The van der Waals surface area contributed by atoms with Gasteiger partial charge in [0.1, 0.15) is 5.82 Å². The molecule has 1 aromatic carbocycles. The number of amides is 1. The largest absolute Gasteiger partial charge is 0.348 e. The van der Waals surface area contributed by atoms with Crippen molar-refractivity contribution in [2.75, 3.05) is 6.54 Å². The summed E-state index contributed by atoms with van der Waals surface area (Å²) in [6.07, 6.45) is 2.95. The average molecular weight is 356 g/mol. The van der Waals surface area contributed by atoms with Gasteiger partial charge in [0.25, 0.3) is 0 Å². The van der Waals surface area contributed by atoms with Crippen molar-refractivity contribution in [2.24, 2.45) is 0 Å². The number of carbonyl (C=O) groups excluding carboxylic acids is 1. The second-order valence-corrected chi connectivity index (χ2v) is 5.83. The van der Waals surface area contributed by atoms with Gasteiger partial charge in [0.15, 0.2) is 0 Å². The minimum atomic E-state index is -0.539.